The van der Waals surface area contributed by atoms with Gasteiger partial charge < -0.3 is 9.47 Å². The standard InChI is InChI=1S/C22H28NO2.ClHO4/c1-6-24-22(25-7-2)19-17-13-8-9-14-23(17)20(21(22,4)5)16-12-10-11-15(3)18(16)19;2-1(3,4)5/h8-14,19-20H,6-7H2,1-5H3;(H,2,3,4,5)/q+1;/p-1/t19-,20+;/m1./s1. The van der Waals surface area contributed by atoms with Gasteiger partial charge in [-0.2, -0.15) is 4.57 Å². The number of benzene rings is 1. The second-order valence-electron chi connectivity index (χ2n) is 8.08. The minimum atomic E-state index is -4.94. The molecule has 0 N–H and O–H groups in total. The van der Waals surface area contributed by atoms with Gasteiger partial charge in [-0.25, -0.2) is 18.6 Å². The van der Waals surface area contributed by atoms with Gasteiger partial charge in [-0.1, -0.05) is 24.3 Å². The molecule has 0 radical (unpaired) electrons. The summed E-state index contributed by atoms with van der Waals surface area (Å²) in [6, 6.07) is 13.3. The van der Waals surface area contributed by atoms with E-state index < -0.39 is 16.0 Å². The zero-order valence-electron chi connectivity index (χ0n) is 17.9. The average molecular weight is 438 g/mol. The molecule has 1 aliphatic carbocycles. The van der Waals surface area contributed by atoms with Crippen molar-refractivity contribution >= 4 is 0 Å². The van der Waals surface area contributed by atoms with E-state index in [2.05, 4.69) is 81.8 Å². The third-order valence-corrected chi connectivity index (χ3v) is 6.12. The molecule has 0 saturated carbocycles. The van der Waals surface area contributed by atoms with Crippen LogP contribution in [0.1, 0.15) is 62.0 Å². The number of rotatable bonds is 4. The first-order chi connectivity index (χ1) is 14.0. The molecular weight excluding hydrogens is 410 g/mol. The Hall–Kier alpha value is -1.58. The number of hydrogen-bond acceptors (Lipinski definition) is 6. The van der Waals surface area contributed by atoms with Crippen molar-refractivity contribution in [1.82, 2.24) is 0 Å². The Balaban J connectivity index is 0.000000461. The molecule has 2 aromatic rings. The number of fused-ring (bicyclic) bond motifs is 1. The van der Waals surface area contributed by atoms with Crippen molar-refractivity contribution in [3.63, 3.8) is 0 Å². The van der Waals surface area contributed by atoms with Crippen LogP contribution in [-0.4, -0.2) is 19.0 Å². The van der Waals surface area contributed by atoms with Crippen LogP contribution in [-0.2, 0) is 9.47 Å². The predicted octanol–water partition coefficient (Wildman–Crippen LogP) is -0.630. The molecule has 0 spiro atoms. The van der Waals surface area contributed by atoms with Crippen molar-refractivity contribution < 1.29 is 42.9 Å². The molecule has 0 fully saturated rings. The van der Waals surface area contributed by atoms with Gasteiger partial charge in [-0.3, -0.25) is 0 Å². The van der Waals surface area contributed by atoms with Crippen LogP contribution in [0.25, 0.3) is 0 Å². The molecular formula is C22H28ClNO6. The summed E-state index contributed by atoms with van der Waals surface area (Å²) in [6.07, 6.45) is 2.21. The summed E-state index contributed by atoms with van der Waals surface area (Å²) >= 11 is 0. The third-order valence-electron chi connectivity index (χ3n) is 6.12. The van der Waals surface area contributed by atoms with Crippen molar-refractivity contribution in [1.29, 1.82) is 0 Å². The van der Waals surface area contributed by atoms with Crippen LogP contribution in [0.4, 0.5) is 0 Å². The lowest BCUT2D eigenvalue weighted by atomic mass is 9.56. The van der Waals surface area contributed by atoms with E-state index in [0.717, 1.165) is 0 Å². The topological polar surface area (TPSA) is 115 Å². The molecule has 1 aromatic carbocycles. The number of aryl methyl sites for hydroxylation is 1. The highest BCUT2D eigenvalue weighted by Crippen LogP contribution is 2.62. The number of halogens is 1. The van der Waals surface area contributed by atoms with Crippen LogP contribution < -0.4 is 23.2 Å². The summed E-state index contributed by atoms with van der Waals surface area (Å²) in [5, 5.41) is 0. The fourth-order valence-corrected chi connectivity index (χ4v) is 5.28. The van der Waals surface area contributed by atoms with E-state index in [-0.39, 0.29) is 17.4 Å². The molecule has 0 amide bonds. The predicted molar refractivity (Wildman–Crippen MR) is 97.6 cm³/mol. The van der Waals surface area contributed by atoms with E-state index in [9.17, 15) is 0 Å². The minimum Gasteiger partial charge on any atom is -0.348 e. The Bertz CT molecular complexity index is 899. The van der Waals surface area contributed by atoms with Crippen LogP contribution in [0.3, 0.4) is 0 Å². The fraction of sp³-hybridized carbons (Fsp3) is 0.500. The second kappa shape index (κ2) is 8.16. The molecule has 3 heterocycles. The Kier molecular flexibility index (Phi) is 6.28. The molecule has 2 bridgehead atoms. The summed E-state index contributed by atoms with van der Waals surface area (Å²) < 4.78 is 49.4. The van der Waals surface area contributed by atoms with Gasteiger partial charge in [0.05, 0.1) is 5.41 Å². The molecule has 2 atom stereocenters. The van der Waals surface area contributed by atoms with Crippen molar-refractivity contribution in [3.8, 4) is 0 Å². The summed E-state index contributed by atoms with van der Waals surface area (Å²) in [6.45, 7) is 12.2. The zero-order chi connectivity index (χ0) is 22.3. The van der Waals surface area contributed by atoms with Gasteiger partial charge in [0.2, 0.25) is 0 Å². The van der Waals surface area contributed by atoms with Crippen molar-refractivity contribution in [3.05, 3.63) is 65.0 Å². The van der Waals surface area contributed by atoms with Gasteiger partial charge in [-0.05, 0) is 45.7 Å². The van der Waals surface area contributed by atoms with Crippen LogP contribution in [0.15, 0.2) is 42.6 Å². The van der Waals surface area contributed by atoms with Crippen LogP contribution >= 0.6 is 0 Å². The van der Waals surface area contributed by atoms with Crippen molar-refractivity contribution in [2.45, 2.75) is 52.4 Å². The SMILES string of the molecule is CCOC1(OCC)[C@H]2c3c(C)cccc3[C@H]([n+]3ccccc32)C1(C)C.[O-][Cl+3]([O-])([O-])[O-]. The molecule has 3 aliphatic rings. The Morgan fingerprint density at radius 1 is 0.967 bits per heavy atom. The second-order valence-corrected chi connectivity index (χ2v) is 8.84. The molecule has 8 heteroatoms. The average Bonchev–Trinajstić information content (AvgIpc) is 2.63. The normalized spacial score (nSPS) is 22.6. The maximum absolute atomic E-state index is 8.49. The molecule has 1 aromatic heterocycles. The van der Waals surface area contributed by atoms with E-state index in [1.54, 1.807) is 0 Å². The number of ether oxygens (including phenoxy) is 2. The fourth-order valence-electron chi connectivity index (χ4n) is 5.28. The van der Waals surface area contributed by atoms with E-state index in [1.807, 2.05) is 0 Å². The number of aromatic nitrogens is 1. The largest absolute Gasteiger partial charge is 0.348 e. The van der Waals surface area contributed by atoms with Crippen LogP contribution in [0.2, 0.25) is 0 Å². The Morgan fingerprint density at radius 2 is 1.57 bits per heavy atom. The minimum absolute atomic E-state index is 0.0739. The van der Waals surface area contributed by atoms with Gasteiger partial charge in [0.25, 0.3) is 0 Å². The van der Waals surface area contributed by atoms with E-state index in [1.165, 1.54) is 22.4 Å². The summed E-state index contributed by atoms with van der Waals surface area (Å²) in [7, 11) is -4.94. The molecule has 5 rings (SSSR count). The third kappa shape index (κ3) is 3.65. The summed E-state index contributed by atoms with van der Waals surface area (Å²) in [5.74, 6) is -0.577. The molecule has 164 valence electrons. The van der Waals surface area contributed by atoms with Gasteiger partial charge in [0, 0.05) is 30.9 Å². The monoisotopic (exact) mass is 437 g/mol. The highest BCUT2D eigenvalue weighted by molar-refractivity contribution is 5.49. The van der Waals surface area contributed by atoms with Crippen molar-refractivity contribution in [2.24, 2.45) is 5.41 Å². The van der Waals surface area contributed by atoms with Crippen LogP contribution in [0.5, 0.6) is 0 Å². The molecule has 0 unspecified atom stereocenters. The summed E-state index contributed by atoms with van der Waals surface area (Å²) in [4.78, 5) is 0. The highest BCUT2D eigenvalue weighted by atomic mass is 35.7. The molecule has 7 nitrogen and oxygen atoms in total. The lowest BCUT2D eigenvalue weighted by Gasteiger charge is -2.57. The van der Waals surface area contributed by atoms with Crippen molar-refractivity contribution in [2.75, 3.05) is 13.2 Å². The first kappa shape index (κ1) is 23.1. The zero-order valence-corrected chi connectivity index (χ0v) is 18.6. The smallest absolute Gasteiger partial charge is 0.196 e. The highest BCUT2D eigenvalue weighted by Gasteiger charge is 2.70. The maximum atomic E-state index is 8.49. The number of nitrogens with zero attached hydrogens (tertiary/aromatic N) is 1. The quantitative estimate of drug-likeness (QED) is 0.464. The van der Waals surface area contributed by atoms with Gasteiger partial charge >= 0.3 is 0 Å². The molecule has 0 saturated heterocycles. The van der Waals surface area contributed by atoms with Crippen LogP contribution in [0, 0.1) is 22.6 Å². The molecule has 30 heavy (non-hydrogen) atoms. The first-order valence-electron chi connectivity index (χ1n) is 9.98. The van der Waals surface area contributed by atoms with E-state index in [4.69, 9.17) is 28.1 Å². The van der Waals surface area contributed by atoms with E-state index in [0.29, 0.717) is 13.2 Å². The first-order valence-corrected chi connectivity index (χ1v) is 11.2. The Labute approximate surface area is 179 Å². The lowest BCUT2D eigenvalue weighted by molar-refractivity contribution is -2.00. The Morgan fingerprint density at radius 3 is 2.13 bits per heavy atom. The number of pyridine rings is 1. The van der Waals surface area contributed by atoms with E-state index >= 15 is 0 Å². The molecule has 2 aliphatic heterocycles. The summed E-state index contributed by atoms with van der Waals surface area (Å²) in [5.41, 5.74) is 5.22. The lowest BCUT2D eigenvalue weighted by Crippen LogP contribution is -2.72. The van der Waals surface area contributed by atoms with Gasteiger partial charge in [0.15, 0.2) is 23.7 Å². The van der Waals surface area contributed by atoms with Gasteiger partial charge in [-0.15, -0.1) is 10.2 Å². The van der Waals surface area contributed by atoms with Gasteiger partial charge in [0.1, 0.15) is 5.92 Å². The number of hydrogen-bond donors (Lipinski definition) is 0. The maximum Gasteiger partial charge on any atom is 0.196 e.